The van der Waals surface area contributed by atoms with Gasteiger partial charge in [-0.05, 0) is 41.0 Å². The average Bonchev–Trinajstić information content (AvgIpc) is 2.75. The highest BCUT2D eigenvalue weighted by molar-refractivity contribution is 5.82. The predicted molar refractivity (Wildman–Crippen MR) is 105 cm³/mol. The third kappa shape index (κ3) is 4.65. The van der Waals surface area contributed by atoms with Gasteiger partial charge in [-0.25, -0.2) is 8.78 Å². The first-order valence-electron chi connectivity index (χ1n) is 8.87. The van der Waals surface area contributed by atoms with Gasteiger partial charge in [0.25, 0.3) is 5.91 Å². The number of nitrogens with zero attached hydrogens (tertiary/aromatic N) is 1. The standard InChI is InChI=1S/C23H18F2N2O2/c1-29-22(23(28)27-14-16-9-7-15(13-26)8-10-16)21-19(24)11-18(12-20(21)25)17-5-3-2-4-6-17/h2-12,22H,14H2,1H3,(H,27,28)/t22-/m0/s1. The van der Waals surface area contributed by atoms with E-state index >= 15 is 0 Å². The van der Waals surface area contributed by atoms with Gasteiger partial charge in [-0.15, -0.1) is 0 Å². The molecule has 0 spiro atoms. The first-order valence-corrected chi connectivity index (χ1v) is 8.87. The lowest BCUT2D eigenvalue weighted by atomic mass is 10.00. The van der Waals surface area contributed by atoms with Crippen LogP contribution < -0.4 is 5.32 Å². The lowest BCUT2D eigenvalue weighted by Crippen LogP contribution is -2.31. The molecule has 0 bridgehead atoms. The molecule has 0 radical (unpaired) electrons. The zero-order valence-electron chi connectivity index (χ0n) is 15.7. The van der Waals surface area contributed by atoms with Gasteiger partial charge in [0, 0.05) is 13.7 Å². The number of hydrogen-bond donors (Lipinski definition) is 1. The van der Waals surface area contributed by atoms with E-state index < -0.39 is 29.2 Å². The molecule has 1 atom stereocenters. The van der Waals surface area contributed by atoms with Gasteiger partial charge in [0.05, 0.1) is 17.2 Å². The molecule has 3 aromatic carbocycles. The van der Waals surface area contributed by atoms with Gasteiger partial charge in [-0.3, -0.25) is 4.79 Å². The minimum Gasteiger partial charge on any atom is -0.367 e. The second kappa shape index (κ2) is 9.09. The maximum absolute atomic E-state index is 14.7. The van der Waals surface area contributed by atoms with Crippen LogP contribution in [0.5, 0.6) is 0 Å². The van der Waals surface area contributed by atoms with Gasteiger partial charge in [0.1, 0.15) is 11.6 Å². The number of hydrogen-bond acceptors (Lipinski definition) is 3. The van der Waals surface area contributed by atoms with Crippen LogP contribution in [-0.2, 0) is 16.1 Å². The Balaban J connectivity index is 1.79. The Kier molecular flexibility index (Phi) is 6.32. The highest BCUT2D eigenvalue weighted by Gasteiger charge is 2.27. The summed E-state index contributed by atoms with van der Waals surface area (Å²) in [4.78, 5) is 12.5. The van der Waals surface area contributed by atoms with Crippen molar-refractivity contribution < 1.29 is 18.3 Å². The average molecular weight is 392 g/mol. The van der Waals surface area contributed by atoms with Crippen LogP contribution in [0, 0.1) is 23.0 Å². The van der Waals surface area contributed by atoms with Crippen molar-refractivity contribution in [3.63, 3.8) is 0 Å². The zero-order chi connectivity index (χ0) is 20.8. The number of rotatable bonds is 6. The Hall–Kier alpha value is -3.56. The summed E-state index contributed by atoms with van der Waals surface area (Å²) in [5.74, 6) is -2.38. The number of halogens is 2. The van der Waals surface area contributed by atoms with Gasteiger partial charge in [-0.2, -0.15) is 5.26 Å². The molecule has 0 fully saturated rings. The van der Waals surface area contributed by atoms with Crippen LogP contribution in [0.15, 0.2) is 66.7 Å². The van der Waals surface area contributed by atoms with Crippen LogP contribution in [0.25, 0.3) is 11.1 Å². The largest absolute Gasteiger partial charge is 0.367 e. The lowest BCUT2D eigenvalue weighted by molar-refractivity contribution is -0.131. The van der Waals surface area contributed by atoms with Gasteiger partial charge in [0.15, 0.2) is 6.10 Å². The Bertz CT molecular complexity index is 1020. The maximum Gasteiger partial charge on any atom is 0.254 e. The number of nitriles is 1. The lowest BCUT2D eigenvalue weighted by Gasteiger charge is -2.18. The van der Waals surface area contributed by atoms with E-state index in [1.807, 2.05) is 12.1 Å². The van der Waals surface area contributed by atoms with E-state index in [1.54, 1.807) is 48.5 Å². The molecular formula is C23H18F2N2O2. The molecule has 0 aromatic heterocycles. The predicted octanol–water partition coefficient (Wildman–Crippen LogP) is 4.51. The van der Waals surface area contributed by atoms with Crippen molar-refractivity contribution in [2.24, 2.45) is 0 Å². The molecule has 29 heavy (non-hydrogen) atoms. The number of carbonyl (C=O) groups is 1. The Morgan fingerprint density at radius 1 is 1.03 bits per heavy atom. The summed E-state index contributed by atoms with van der Waals surface area (Å²) < 4.78 is 34.5. The van der Waals surface area contributed by atoms with E-state index in [2.05, 4.69) is 5.32 Å². The molecule has 6 heteroatoms. The van der Waals surface area contributed by atoms with Crippen molar-refractivity contribution in [1.82, 2.24) is 5.32 Å². The smallest absolute Gasteiger partial charge is 0.254 e. The molecule has 1 amide bonds. The third-order valence-corrected chi connectivity index (χ3v) is 4.47. The Labute approximate surface area is 167 Å². The SMILES string of the molecule is CO[C@H](C(=O)NCc1ccc(C#N)cc1)c1c(F)cc(-c2ccccc2)cc1F. The van der Waals surface area contributed by atoms with Gasteiger partial charge in [0.2, 0.25) is 0 Å². The summed E-state index contributed by atoms with van der Waals surface area (Å²) in [7, 11) is 1.22. The van der Waals surface area contributed by atoms with Crippen molar-refractivity contribution in [2.45, 2.75) is 12.6 Å². The number of benzene rings is 3. The molecule has 0 aliphatic rings. The summed E-state index contributed by atoms with van der Waals surface area (Å²) in [5.41, 5.74) is 1.84. The molecule has 0 heterocycles. The van der Waals surface area contributed by atoms with Gasteiger partial charge < -0.3 is 10.1 Å². The number of methoxy groups -OCH3 is 1. The molecule has 1 N–H and O–H groups in total. The summed E-state index contributed by atoms with van der Waals surface area (Å²) >= 11 is 0. The van der Waals surface area contributed by atoms with Crippen LogP contribution in [0.3, 0.4) is 0 Å². The highest BCUT2D eigenvalue weighted by Crippen LogP contribution is 2.29. The highest BCUT2D eigenvalue weighted by atomic mass is 19.1. The first kappa shape index (κ1) is 20.2. The van der Waals surface area contributed by atoms with Crippen LogP contribution >= 0.6 is 0 Å². The molecule has 3 aromatic rings. The summed E-state index contributed by atoms with van der Waals surface area (Å²) in [6.45, 7) is 0.135. The van der Waals surface area contributed by atoms with Crippen molar-refractivity contribution in [3.05, 3.63) is 95.1 Å². The molecular weight excluding hydrogens is 374 g/mol. The minimum atomic E-state index is -1.43. The van der Waals surface area contributed by atoms with E-state index in [0.29, 0.717) is 16.7 Å². The summed E-state index contributed by atoms with van der Waals surface area (Å²) in [6, 6.07) is 19.8. The van der Waals surface area contributed by atoms with E-state index in [0.717, 1.165) is 5.56 Å². The Morgan fingerprint density at radius 2 is 1.66 bits per heavy atom. The fourth-order valence-corrected chi connectivity index (χ4v) is 2.97. The normalized spacial score (nSPS) is 11.5. The fourth-order valence-electron chi connectivity index (χ4n) is 2.97. The number of amides is 1. The second-order valence-corrected chi connectivity index (χ2v) is 6.36. The molecule has 3 rings (SSSR count). The molecule has 0 saturated carbocycles. The molecule has 0 aliphatic heterocycles. The monoisotopic (exact) mass is 392 g/mol. The maximum atomic E-state index is 14.7. The topological polar surface area (TPSA) is 62.1 Å². The van der Waals surface area contributed by atoms with Gasteiger partial charge >= 0.3 is 0 Å². The van der Waals surface area contributed by atoms with Crippen molar-refractivity contribution >= 4 is 5.91 Å². The van der Waals surface area contributed by atoms with E-state index in [-0.39, 0.29) is 6.54 Å². The summed E-state index contributed by atoms with van der Waals surface area (Å²) in [6.07, 6.45) is -1.43. The number of carbonyl (C=O) groups excluding carboxylic acids is 1. The van der Waals surface area contributed by atoms with Crippen LogP contribution in [-0.4, -0.2) is 13.0 Å². The molecule has 4 nitrogen and oxygen atoms in total. The van der Waals surface area contributed by atoms with Crippen LogP contribution in [0.1, 0.15) is 22.8 Å². The number of nitrogens with one attached hydrogen (secondary N) is 1. The fraction of sp³-hybridized carbons (Fsp3) is 0.130. The Morgan fingerprint density at radius 3 is 2.21 bits per heavy atom. The van der Waals surface area contributed by atoms with E-state index in [1.165, 1.54) is 19.2 Å². The van der Waals surface area contributed by atoms with Crippen molar-refractivity contribution in [1.29, 1.82) is 5.26 Å². The first-order chi connectivity index (χ1) is 14.0. The number of ether oxygens (including phenoxy) is 1. The van der Waals surface area contributed by atoms with Crippen molar-refractivity contribution in [2.75, 3.05) is 7.11 Å². The molecule has 0 aliphatic carbocycles. The third-order valence-electron chi connectivity index (χ3n) is 4.47. The molecule has 146 valence electrons. The second-order valence-electron chi connectivity index (χ2n) is 6.36. The van der Waals surface area contributed by atoms with E-state index in [9.17, 15) is 13.6 Å². The minimum absolute atomic E-state index is 0.135. The van der Waals surface area contributed by atoms with Crippen LogP contribution in [0.4, 0.5) is 8.78 Å². The van der Waals surface area contributed by atoms with Crippen molar-refractivity contribution in [3.8, 4) is 17.2 Å². The quantitative estimate of drug-likeness (QED) is 0.672. The van der Waals surface area contributed by atoms with Gasteiger partial charge in [-0.1, -0.05) is 42.5 Å². The molecule has 0 unspecified atom stereocenters. The molecule has 0 saturated heterocycles. The van der Waals surface area contributed by atoms with E-state index in [4.69, 9.17) is 10.00 Å². The summed E-state index contributed by atoms with van der Waals surface area (Å²) in [5, 5.41) is 11.4. The van der Waals surface area contributed by atoms with Crippen LogP contribution in [0.2, 0.25) is 0 Å². The zero-order valence-corrected chi connectivity index (χ0v) is 15.7.